The summed E-state index contributed by atoms with van der Waals surface area (Å²) >= 11 is 0. The number of amides is 1. The molecular formula is C16H17N3O2. The number of pyridine rings is 1. The molecule has 1 aromatic heterocycles. The second-order valence-corrected chi connectivity index (χ2v) is 4.92. The first-order valence-corrected chi connectivity index (χ1v) is 6.91. The fourth-order valence-electron chi connectivity index (χ4n) is 2.46. The number of methoxy groups -OCH3 is 1. The van der Waals surface area contributed by atoms with Crippen LogP contribution >= 0.6 is 0 Å². The molecule has 2 N–H and O–H groups in total. The second kappa shape index (κ2) is 5.93. The van der Waals surface area contributed by atoms with Gasteiger partial charge < -0.3 is 15.4 Å². The van der Waals surface area contributed by atoms with Crippen LogP contribution in [0.1, 0.15) is 21.5 Å². The number of nitrogens with one attached hydrogen (secondary N) is 2. The Morgan fingerprint density at radius 3 is 3.10 bits per heavy atom. The molecule has 2 heterocycles. The van der Waals surface area contributed by atoms with Gasteiger partial charge in [0.1, 0.15) is 5.69 Å². The molecule has 3 rings (SSSR count). The van der Waals surface area contributed by atoms with Crippen molar-refractivity contribution in [3.05, 3.63) is 53.2 Å². The van der Waals surface area contributed by atoms with Crippen LogP contribution < -0.4 is 15.4 Å². The lowest BCUT2D eigenvalue weighted by Gasteiger charge is -2.17. The standard InChI is InChI=1S/C16H17N3O2/c1-21-16-14(3-2-7-18-16)19-15(20)12-5-4-11-6-8-17-10-13(11)9-12/h2-5,7,9,17H,6,8,10H2,1H3,(H,19,20). The van der Waals surface area contributed by atoms with Gasteiger partial charge in [0.25, 0.3) is 5.91 Å². The maximum absolute atomic E-state index is 12.4. The van der Waals surface area contributed by atoms with E-state index in [0.29, 0.717) is 17.1 Å². The van der Waals surface area contributed by atoms with Gasteiger partial charge in [-0.1, -0.05) is 6.07 Å². The van der Waals surface area contributed by atoms with Crippen molar-refractivity contribution >= 4 is 11.6 Å². The lowest BCUT2D eigenvalue weighted by molar-refractivity contribution is 0.102. The first-order valence-electron chi connectivity index (χ1n) is 6.91. The summed E-state index contributed by atoms with van der Waals surface area (Å²) in [4.78, 5) is 16.4. The van der Waals surface area contributed by atoms with E-state index in [2.05, 4.69) is 15.6 Å². The molecule has 0 saturated carbocycles. The van der Waals surface area contributed by atoms with Crippen molar-refractivity contribution < 1.29 is 9.53 Å². The normalized spacial score (nSPS) is 13.4. The highest BCUT2D eigenvalue weighted by atomic mass is 16.5. The number of hydrogen-bond acceptors (Lipinski definition) is 4. The van der Waals surface area contributed by atoms with Gasteiger partial charge in [-0.2, -0.15) is 0 Å². The quantitative estimate of drug-likeness (QED) is 0.904. The minimum Gasteiger partial charge on any atom is -0.480 e. The number of aromatic nitrogens is 1. The molecule has 1 amide bonds. The van der Waals surface area contributed by atoms with Gasteiger partial charge in [0.2, 0.25) is 5.88 Å². The van der Waals surface area contributed by atoms with E-state index in [1.165, 1.54) is 18.2 Å². The van der Waals surface area contributed by atoms with Crippen LogP contribution in [0.25, 0.3) is 0 Å². The SMILES string of the molecule is COc1ncccc1NC(=O)c1ccc2c(c1)CNCC2. The second-order valence-electron chi connectivity index (χ2n) is 4.92. The van der Waals surface area contributed by atoms with Crippen molar-refractivity contribution in [3.8, 4) is 5.88 Å². The number of benzene rings is 1. The Labute approximate surface area is 123 Å². The number of carbonyl (C=O) groups is 1. The van der Waals surface area contributed by atoms with Gasteiger partial charge in [0.05, 0.1) is 7.11 Å². The highest BCUT2D eigenvalue weighted by Gasteiger charge is 2.14. The van der Waals surface area contributed by atoms with Crippen molar-refractivity contribution in [1.29, 1.82) is 0 Å². The molecule has 0 atom stereocenters. The van der Waals surface area contributed by atoms with Crippen LogP contribution in [0, 0.1) is 0 Å². The third kappa shape index (κ3) is 2.87. The molecule has 1 aliphatic rings. The third-order valence-corrected chi connectivity index (χ3v) is 3.57. The smallest absolute Gasteiger partial charge is 0.255 e. The van der Waals surface area contributed by atoms with Crippen molar-refractivity contribution in [2.24, 2.45) is 0 Å². The zero-order valence-electron chi connectivity index (χ0n) is 11.8. The molecule has 0 spiro atoms. The molecule has 0 bridgehead atoms. The number of anilines is 1. The van der Waals surface area contributed by atoms with Crippen LogP contribution in [-0.4, -0.2) is 24.5 Å². The van der Waals surface area contributed by atoms with Gasteiger partial charge in [-0.05, 0) is 48.4 Å². The summed E-state index contributed by atoms with van der Waals surface area (Å²) < 4.78 is 5.14. The Balaban J connectivity index is 1.82. The predicted octanol–water partition coefficient (Wildman–Crippen LogP) is 1.99. The van der Waals surface area contributed by atoms with E-state index in [9.17, 15) is 4.79 Å². The molecule has 2 aromatic rings. The Hall–Kier alpha value is -2.40. The lowest BCUT2D eigenvalue weighted by Crippen LogP contribution is -2.24. The number of rotatable bonds is 3. The van der Waals surface area contributed by atoms with Crippen LogP contribution in [0.4, 0.5) is 5.69 Å². The fraction of sp³-hybridized carbons (Fsp3) is 0.250. The van der Waals surface area contributed by atoms with Gasteiger partial charge in [0, 0.05) is 18.3 Å². The van der Waals surface area contributed by atoms with Gasteiger partial charge in [0.15, 0.2) is 0 Å². The summed E-state index contributed by atoms with van der Waals surface area (Å²) in [5.41, 5.74) is 3.71. The zero-order chi connectivity index (χ0) is 14.7. The van der Waals surface area contributed by atoms with Crippen molar-refractivity contribution in [2.45, 2.75) is 13.0 Å². The van der Waals surface area contributed by atoms with E-state index in [1.807, 2.05) is 18.2 Å². The van der Waals surface area contributed by atoms with Crippen molar-refractivity contribution in [1.82, 2.24) is 10.3 Å². The lowest BCUT2D eigenvalue weighted by atomic mass is 9.98. The van der Waals surface area contributed by atoms with Gasteiger partial charge in [-0.25, -0.2) is 4.98 Å². The zero-order valence-corrected chi connectivity index (χ0v) is 11.8. The molecule has 0 unspecified atom stereocenters. The summed E-state index contributed by atoms with van der Waals surface area (Å²) in [6, 6.07) is 9.37. The van der Waals surface area contributed by atoms with E-state index in [-0.39, 0.29) is 5.91 Å². The Morgan fingerprint density at radius 2 is 2.24 bits per heavy atom. The average molecular weight is 283 g/mol. The minimum absolute atomic E-state index is 0.158. The van der Waals surface area contributed by atoms with Gasteiger partial charge in [-0.15, -0.1) is 0 Å². The largest absolute Gasteiger partial charge is 0.480 e. The van der Waals surface area contributed by atoms with Crippen LogP contribution in [0.2, 0.25) is 0 Å². The predicted molar refractivity (Wildman–Crippen MR) is 80.6 cm³/mol. The molecule has 0 aliphatic carbocycles. The van der Waals surface area contributed by atoms with Gasteiger partial charge >= 0.3 is 0 Å². The molecule has 108 valence electrons. The van der Waals surface area contributed by atoms with Crippen LogP contribution in [0.15, 0.2) is 36.5 Å². The maximum atomic E-state index is 12.4. The topological polar surface area (TPSA) is 63.2 Å². The maximum Gasteiger partial charge on any atom is 0.255 e. The monoisotopic (exact) mass is 283 g/mol. The molecule has 5 nitrogen and oxygen atoms in total. The molecule has 1 aliphatic heterocycles. The summed E-state index contributed by atoms with van der Waals surface area (Å²) in [7, 11) is 1.53. The van der Waals surface area contributed by atoms with Crippen LogP contribution in [0.3, 0.4) is 0 Å². The number of hydrogen-bond donors (Lipinski definition) is 2. The number of nitrogens with zero attached hydrogens (tertiary/aromatic N) is 1. The number of ether oxygens (including phenoxy) is 1. The molecule has 0 saturated heterocycles. The highest BCUT2D eigenvalue weighted by Crippen LogP contribution is 2.22. The van der Waals surface area contributed by atoms with E-state index in [4.69, 9.17) is 4.74 Å². The minimum atomic E-state index is -0.158. The molecular weight excluding hydrogens is 266 g/mol. The van der Waals surface area contributed by atoms with Crippen molar-refractivity contribution in [3.63, 3.8) is 0 Å². The molecule has 21 heavy (non-hydrogen) atoms. The van der Waals surface area contributed by atoms with E-state index < -0.39 is 0 Å². The van der Waals surface area contributed by atoms with Crippen molar-refractivity contribution in [2.75, 3.05) is 19.0 Å². The summed E-state index contributed by atoms with van der Waals surface area (Å²) in [6.07, 6.45) is 2.63. The first-order chi connectivity index (χ1) is 10.3. The molecule has 1 aromatic carbocycles. The Morgan fingerprint density at radius 1 is 1.33 bits per heavy atom. The highest BCUT2D eigenvalue weighted by molar-refractivity contribution is 6.05. The number of carbonyl (C=O) groups excluding carboxylic acids is 1. The van der Waals surface area contributed by atoms with E-state index >= 15 is 0 Å². The summed E-state index contributed by atoms with van der Waals surface area (Å²) in [5, 5.41) is 6.15. The van der Waals surface area contributed by atoms with Crippen LogP contribution in [0.5, 0.6) is 5.88 Å². The Bertz CT molecular complexity index is 670. The van der Waals surface area contributed by atoms with Crippen LogP contribution in [-0.2, 0) is 13.0 Å². The number of fused-ring (bicyclic) bond motifs is 1. The third-order valence-electron chi connectivity index (χ3n) is 3.57. The summed E-state index contributed by atoms with van der Waals surface area (Å²) in [5.74, 6) is 0.250. The fourth-order valence-corrected chi connectivity index (χ4v) is 2.46. The van der Waals surface area contributed by atoms with Gasteiger partial charge in [-0.3, -0.25) is 4.79 Å². The van der Waals surface area contributed by atoms with E-state index in [0.717, 1.165) is 19.5 Å². The first kappa shape index (κ1) is 13.6. The Kier molecular flexibility index (Phi) is 3.83. The molecule has 5 heteroatoms. The molecule has 0 radical (unpaired) electrons. The summed E-state index contributed by atoms with van der Waals surface area (Å²) in [6.45, 7) is 1.80. The van der Waals surface area contributed by atoms with E-state index in [1.54, 1.807) is 18.3 Å². The average Bonchev–Trinajstić information content (AvgIpc) is 2.55. The molecule has 0 fully saturated rings.